The van der Waals surface area contributed by atoms with Crippen molar-refractivity contribution in [2.75, 3.05) is 7.11 Å². The van der Waals surface area contributed by atoms with Crippen molar-refractivity contribution in [3.8, 4) is 0 Å². The van der Waals surface area contributed by atoms with Gasteiger partial charge in [-0.1, -0.05) is 0 Å². The first-order valence-corrected chi connectivity index (χ1v) is 3.75. The normalized spacial score (nSPS) is 5.60. The Labute approximate surface area is 45.9 Å². The summed E-state index contributed by atoms with van der Waals surface area (Å²) < 4.78 is 0. The Hall–Kier alpha value is 1.06. The van der Waals surface area contributed by atoms with E-state index in [2.05, 4.69) is 0 Å². The standard InChI is InChI=1S/CH4O.2ClH.Fe/c1-2;;;/h2H,1H3;2*1H;/q;;;+2/p-2. The Bertz CT molecular complexity index is 9.61. The summed E-state index contributed by atoms with van der Waals surface area (Å²) in [6.07, 6.45) is 0. The summed E-state index contributed by atoms with van der Waals surface area (Å²) in [4.78, 5) is 0. The van der Waals surface area contributed by atoms with Crippen LogP contribution in [0.4, 0.5) is 0 Å². The molecule has 0 rings (SSSR count). The van der Waals surface area contributed by atoms with E-state index in [0.717, 1.165) is 7.11 Å². The summed E-state index contributed by atoms with van der Waals surface area (Å²) in [6.45, 7) is 0. The van der Waals surface area contributed by atoms with Crippen molar-refractivity contribution in [2.45, 2.75) is 0 Å². The molecule has 0 saturated carbocycles. The van der Waals surface area contributed by atoms with Crippen LogP contribution in [0.3, 0.4) is 0 Å². The summed E-state index contributed by atoms with van der Waals surface area (Å²) in [5, 5.41) is 7.00. The van der Waals surface area contributed by atoms with Gasteiger partial charge in [0.2, 0.25) is 0 Å². The van der Waals surface area contributed by atoms with Gasteiger partial charge in [-0.25, -0.2) is 0 Å². The fourth-order valence-corrected chi connectivity index (χ4v) is 0. The summed E-state index contributed by atoms with van der Waals surface area (Å²) in [5.74, 6) is 0. The molecule has 0 bridgehead atoms. The van der Waals surface area contributed by atoms with Crippen molar-refractivity contribution >= 4 is 20.2 Å². The molecule has 0 fully saturated rings. The summed E-state index contributed by atoms with van der Waals surface area (Å²) in [5.41, 5.74) is 0. The van der Waals surface area contributed by atoms with Crippen molar-refractivity contribution < 1.29 is 18.2 Å². The third-order valence-corrected chi connectivity index (χ3v) is 0. The fraction of sp³-hybridized carbons (Fsp3) is 1.00. The van der Waals surface area contributed by atoms with E-state index in [9.17, 15) is 0 Å². The van der Waals surface area contributed by atoms with Gasteiger partial charge in [0.1, 0.15) is 0 Å². The van der Waals surface area contributed by atoms with Gasteiger partial charge in [-0.05, 0) is 0 Å². The third-order valence-electron chi connectivity index (χ3n) is 0. The van der Waals surface area contributed by atoms with Crippen LogP contribution in [0.15, 0.2) is 0 Å². The summed E-state index contributed by atoms with van der Waals surface area (Å²) >= 11 is 0.194. The van der Waals surface area contributed by atoms with Gasteiger partial charge in [-0.2, -0.15) is 0 Å². The zero-order valence-corrected chi connectivity index (χ0v) is 5.17. The van der Waals surface area contributed by atoms with Crippen LogP contribution >= 0.6 is 20.2 Å². The van der Waals surface area contributed by atoms with Crippen molar-refractivity contribution in [1.82, 2.24) is 0 Å². The van der Waals surface area contributed by atoms with E-state index in [1.165, 1.54) is 0 Å². The molecule has 0 unspecified atom stereocenters. The van der Waals surface area contributed by atoms with E-state index in [4.69, 9.17) is 25.3 Å². The van der Waals surface area contributed by atoms with Crippen molar-refractivity contribution in [2.24, 2.45) is 0 Å². The first kappa shape index (κ1) is 9.41. The number of aliphatic hydroxyl groups is 1. The molecule has 0 saturated heterocycles. The zero-order valence-electron chi connectivity index (χ0n) is 2.56. The molecule has 0 radical (unpaired) electrons. The minimum absolute atomic E-state index is 0.194. The number of rotatable bonds is 0. The van der Waals surface area contributed by atoms with Gasteiger partial charge in [0.05, 0.1) is 0 Å². The molecule has 0 aromatic heterocycles. The van der Waals surface area contributed by atoms with Crippen LogP contribution in [0.1, 0.15) is 0 Å². The quantitative estimate of drug-likeness (QED) is 0.522. The van der Waals surface area contributed by atoms with Crippen LogP contribution in [0.25, 0.3) is 0 Å². The van der Waals surface area contributed by atoms with Crippen LogP contribution in [-0.4, -0.2) is 12.2 Å². The van der Waals surface area contributed by atoms with Gasteiger partial charge in [0.25, 0.3) is 0 Å². The first-order chi connectivity index (χ1) is 2.41. The molecule has 0 aromatic carbocycles. The number of hydrogen-bond donors (Lipinski definition) is 1. The second kappa shape index (κ2) is 19.7. The van der Waals surface area contributed by atoms with Gasteiger partial charge in [-0.3, -0.25) is 0 Å². The Morgan fingerprint density at radius 2 is 1.40 bits per heavy atom. The first-order valence-electron chi connectivity index (χ1n) is 0.714. The predicted molar refractivity (Wildman–Crippen MR) is 19.8 cm³/mol. The fourth-order valence-electron chi connectivity index (χ4n) is 0. The Morgan fingerprint density at radius 3 is 1.40 bits per heavy atom. The molecule has 0 spiro atoms. The molecule has 0 aliphatic heterocycles. The molecular formula is CH4Cl2FeO. The van der Waals surface area contributed by atoms with Crippen molar-refractivity contribution in [1.29, 1.82) is 0 Å². The molecule has 0 amide bonds. The van der Waals surface area contributed by atoms with Crippen LogP contribution in [0, 0.1) is 0 Å². The topological polar surface area (TPSA) is 20.2 Å². The maximum absolute atomic E-state index is 7.00. The molecule has 0 atom stereocenters. The predicted octanol–water partition coefficient (Wildman–Crippen LogP) is 0.985. The molecule has 1 nitrogen and oxygen atoms in total. The Balaban J connectivity index is 0. The molecule has 5 heavy (non-hydrogen) atoms. The van der Waals surface area contributed by atoms with E-state index < -0.39 is 0 Å². The second-order valence-corrected chi connectivity index (χ2v) is 1.87. The molecule has 0 aromatic rings. The molecule has 36 valence electrons. The monoisotopic (exact) mass is 158 g/mol. The van der Waals surface area contributed by atoms with Gasteiger partial charge < -0.3 is 5.11 Å². The maximum atomic E-state index is 7.00. The van der Waals surface area contributed by atoms with Crippen LogP contribution in [-0.2, 0) is 13.1 Å². The molecule has 4 heteroatoms. The molecular weight excluding hydrogens is 155 g/mol. The van der Waals surface area contributed by atoms with Crippen LogP contribution in [0.2, 0.25) is 0 Å². The molecule has 0 aliphatic rings. The zero-order chi connectivity index (χ0) is 4.71. The molecule has 0 aliphatic carbocycles. The number of hydrogen-bond acceptors (Lipinski definition) is 1. The third kappa shape index (κ3) is 42.2. The van der Waals surface area contributed by atoms with Gasteiger partial charge in [0.15, 0.2) is 0 Å². The Morgan fingerprint density at radius 1 is 1.40 bits per heavy atom. The van der Waals surface area contributed by atoms with Crippen molar-refractivity contribution in [3.63, 3.8) is 0 Å². The molecule has 0 heterocycles. The summed E-state index contributed by atoms with van der Waals surface area (Å²) in [7, 11) is 10.5. The van der Waals surface area contributed by atoms with E-state index in [1.54, 1.807) is 0 Å². The molecule has 1 N–H and O–H groups in total. The van der Waals surface area contributed by atoms with Crippen LogP contribution < -0.4 is 0 Å². The van der Waals surface area contributed by atoms with Gasteiger partial charge in [-0.15, -0.1) is 0 Å². The summed E-state index contributed by atoms with van der Waals surface area (Å²) in [6, 6.07) is 0. The second-order valence-electron chi connectivity index (χ2n) is 0.0505. The average Bonchev–Trinajstić information content (AvgIpc) is 1.46. The van der Waals surface area contributed by atoms with Crippen LogP contribution in [0.5, 0.6) is 0 Å². The average molecular weight is 159 g/mol. The SMILES string of the molecule is CO.[Cl][Fe][Cl]. The number of halogens is 2. The van der Waals surface area contributed by atoms with Gasteiger partial charge in [0, 0.05) is 7.11 Å². The van der Waals surface area contributed by atoms with E-state index in [0.29, 0.717) is 0 Å². The number of aliphatic hydroxyl groups excluding tert-OH is 1. The van der Waals surface area contributed by atoms with E-state index >= 15 is 0 Å². The van der Waals surface area contributed by atoms with E-state index in [1.807, 2.05) is 0 Å². The van der Waals surface area contributed by atoms with E-state index in [-0.39, 0.29) is 13.1 Å². The van der Waals surface area contributed by atoms with Gasteiger partial charge >= 0.3 is 33.3 Å². The minimum atomic E-state index is 0.194. The van der Waals surface area contributed by atoms with Crippen molar-refractivity contribution in [3.05, 3.63) is 0 Å². The Kier molecular flexibility index (Phi) is 37.0.